The average Bonchev–Trinajstić information content (AvgIpc) is 3.30. The van der Waals surface area contributed by atoms with Gasteiger partial charge in [-0.1, -0.05) is 0 Å². The lowest BCUT2D eigenvalue weighted by atomic mass is 9.69. The number of aryl methyl sites for hydroxylation is 1. The van der Waals surface area contributed by atoms with Gasteiger partial charge in [-0.05, 0) is 31.9 Å². The van der Waals surface area contributed by atoms with Crippen molar-refractivity contribution in [3.05, 3.63) is 54.0 Å². The van der Waals surface area contributed by atoms with Gasteiger partial charge in [0.25, 0.3) is 0 Å². The number of nitrogens with one attached hydrogen (secondary N) is 2. The third kappa shape index (κ3) is 3.72. The number of fused-ring (bicyclic) bond motifs is 1. The Hall–Kier alpha value is -3.46. The van der Waals surface area contributed by atoms with Crippen molar-refractivity contribution < 1.29 is 13.9 Å². The molecule has 158 valence electrons. The maximum absolute atomic E-state index is 13.4. The molecule has 2 aliphatic heterocycles. The molecule has 8 nitrogen and oxygen atoms in total. The van der Waals surface area contributed by atoms with E-state index in [9.17, 15) is 9.18 Å². The highest BCUT2D eigenvalue weighted by Crippen LogP contribution is 2.50. The minimum atomic E-state index is -0.422. The molecular formula is C22H21FN6O2. The number of pyridine rings is 2. The maximum atomic E-state index is 13.4. The Bertz CT molecular complexity index is 1160. The van der Waals surface area contributed by atoms with Crippen molar-refractivity contribution in [3.63, 3.8) is 0 Å². The van der Waals surface area contributed by atoms with Crippen LogP contribution in [0.25, 0.3) is 11.3 Å². The summed E-state index contributed by atoms with van der Waals surface area (Å²) in [5.74, 6) is 1.13. The number of hydrogen-bond donors (Lipinski definition) is 2. The zero-order valence-electron chi connectivity index (χ0n) is 17.1. The Kier molecular flexibility index (Phi) is 4.62. The molecule has 6 rings (SSSR count). The zero-order valence-corrected chi connectivity index (χ0v) is 17.1. The molecular weight excluding hydrogens is 399 g/mol. The summed E-state index contributed by atoms with van der Waals surface area (Å²) >= 11 is 0. The highest BCUT2D eigenvalue weighted by Gasteiger charge is 2.55. The van der Waals surface area contributed by atoms with Crippen molar-refractivity contribution in [2.75, 3.05) is 17.2 Å². The van der Waals surface area contributed by atoms with Crippen molar-refractivity contribution in [2.24, 2.45) is 0 Å². The Morgan fingerprint density at radius 1 is 1.16 bits per heavy atom. The number of carbonyl (C=O) groups is 1. The highest BCUT2D eigenvalue weighted by atomic mass is 19.1. The molecule has 5 heterocycles. The predicted octanol–water partition coefficient (Wildman–Crippen LogP) is 3.51. The molecule has 3 aromatic rings. The number of amides is 1. The zero-order chi connectivity index (χ0) is 21.6. The van der Waals surface area contributed by atoms with E-state index in [1.807, 2.05) is 13.0 Å². The summed E-state index contributed by atoms with van der Waals surface area (Å²) in [5.41, 5.74) is 2.57. The SMILES string of the molecule is CC(=O)Nc1cc(Nc2cc(C)nc(C34COC(C3)C4)n2)c(-c2ccc(F)cn2)cn1. The molecule has 2 saturated heterocycles. The monoisotopic (exact) mass is 420 g/mol. The standard InChI is InChI=1S/C22H21FN6O2/c1-12-5-20(29-21(26-12)22-7-15(8-22)31-11-22)28-18-6-19(27-13(2)30)25-10-16(18)17-4-3-14(23)9-24-17/h3-6,9-10,15H,7-8,11H2,1-2H3,(H2,25,26,27,28,29,30). The van der Waals surface area contributed by atoms with Gasteiger partial charge in [-0.2, -0.15) is 0 Å². The Morgan fingerprint density at radius 2 is 2.00 bits per heavy atom. The van der Waals surface area contributed by atoms with Crippen LogP contribution in [0.3, 0.4) is 0 Å². The number of ether oxygens (including phenoxy) is 1. The van der Waals surface area contributed by atoms with Gasteiger partial charge in [0.2, 0.25) is 5.91 Å². The van der Waals surface area contributed by atoms with Crippen molar-refractivity contribution in [1.82, 2.24) is 19.9 Å². The van der Waals surface area contributed by atoms with E-state index in [0.29, 0.717) is 41.3 Å². The summed E-state index contributed by atoms with van der Waals surface area (Å²) < 4.78 is 19.1. The lowest BCUT2D eigenvalue weighted by Gasteiger charge is -2.33. The second-order valence-corrected chi connectivity index (χ2v) is 8.12. The van der Waals surface area contributed by atoms with Gasteiger partial charge in [0, 0.05) is 36.5 Å². The van der Waals surface area contributed by atoms with Crippen LogP contribution in [0.1, 0.15) is 31.3 Å². The lowest BCUT2D eigenvalue weighted by Crippen LogP contribution is -2.39. The molecule has 2 N–H and O–H groups in total. The second kappa shape index (κ2) is 7.35. The van der Waals surface area contributed by atoms with Gasteiger partial charge in [-0.25, -0.2) is 19.3 Å². The van der Waals surface area contributed by atoms with Crippen LogP contribution in [-0.2, 0) is 14.9 Å². The number of carbonyl (C=O) groups excluding carboxylic acids is 1. The van der Waals surface area contributed by atoms with E-state index < -0.39 is 5.82 Å². The fourth-order valence-electron chi connectivity index (χ4n) is 4.13. The molecule has 9 heteroatoms. The fraction of sp³-hybridized carbons (Fsp3) is 0.318. The van der Waals surface area contributed by atoms with Crippen molar-refractivity contribution in [2.45, 2.75) is 38.2 Å². The van der Waals surface area contributed by atoms with Crippen LogP contribution in [0.15, 0.2) is 36.7 Å². The molecule has 1 saturated carbocycles. The van der Waals surface area contributed by atoms with E-state index >= 15 is 0 Å². The number of halogens is 1. The van der Waals surface area contributed by atoms with Crippen molar-refractivity contribution >= 4 is 23.2 Å². The van der Waals surface area contributed by atoms with Crippen LogP contribution < -0.4 is 10.6 Å². The lowest BCUT2D eigenvalue weighted by molar-refractivity contribution is -0.114. The van der Waals surface area contributed by atoms with Crippen LogP contribution in [0.5, 0.6) is 0 Å². The van der Waals surface area contributed by atoms with Crippen LogP contribution in [0.2, 0.25) is 0 Å². The van der Waals surface area contributed by atoms with Crippen LogP contribution in [0, 0.1) is 12.7 Å². The molecule has 3 fully saturated rings. The summed E-state index contributed by atoms with van der Waals surface area (Å²) in [6, 6.07) is 6.48. The molecule has 0 spiro atoms. The van der Waals surface area contributed by atoms with Crippen LogP contribution in [0.4, 0.5) is 21.7 Å². The summed E-state index contributed by atoms with van der Waals surface area (Å²) in [5, 5.41) is 6.00. The minimum Gasteiger partial charge on any atom is -0.377 e. The largest absolute Gasteiger partial charge is 0.377 e. The molecule has 3 aliphatic rings. The Morgan fingerprint density at radius 3 is 2.68 bits per heavy atom. The fourth-order valence-corrected chi connectivity index (χ4v) is 4.13. The van der Waals surface area contributed by atoms with E-state index in [1.165, 1.54) is 13.0 Å². The first-order valence-electron chi connectivity index (χ1n) is 10.0. The normalized spacial score (nSPS) is 21.5. The first kappa shape index (κ1) is 19.5. The topological polar surface area (TPSA) is 102 Å². The minimum absolute atomic E-state index is 0.103. The summed E-state index contributed by atoms with van der Waals surface area (Å²) in [7, 11) is 0. The maximum Gasteiger partial charge on any atom is 0.222 e. The van der Waals surface area contributed by atoms with Gasteiger partial charge in [0.05, 0.1) is 35.7 Å². The number of hydrogen-bond acceptors (Lipinski definition) is 7. The van der Waals surface area contributed by atoms with Gasteiger partial charge < -0.3 is 15.4 Å². The number of rotatable bonds is 5. The van der Waals surface area contributed by atoms with Gasteiger partial charge in [0.1, 0.15) is 23.3 Å². The molecule has 0 radical (unpaired) electrons. The number of anilines is 3. The molecule has 0 aromatic carbocycles. The highest BCUT2D eigenvalue weighted by molar-refractivity contribution is 5.89. The van der Waals surface area contributed by atoms with E-state index in [4.69, 9.17) is 9.72 Å². The van der Waals surface area contributed by atoms with Gasteiger partial charge in [0.15, 0.2) is 0 Å². The number of aromatic nitrogens is 4. The smallest absolute Gasteiger partial charge is 0.222 e. The van der Waals surface area contributed by atoms with E-state index in [0.717, 1.165) is 30.6 Å². The molecule has 1 amide bonds. The molecule has 2 bridgehead atoms. The molecule has 3 aromatic heterocycles. The molecule has 0 atom stereocenters. The van der Waals surface area contributed by atoms with Gasteiger partial charge >= 0.3 is 0 Å². The summed E-state index contributed by atoms with van der Waals surface area (Å²) in [6.45, 7) is 3.99. The van der Waals surface area contributed by atoms with Gasteiger partial charge in [-0.3, -0.25) is 9.78 Å². The van der Waals surface area contributed by atoms with Crippen LogP contribution in [-0.4, -0.2) is 38.6 Å². The molecule has 1 aliphatic carbocycles. The second-order valence-electron chi connectivity index (χ2n) is 8.12. The van der Waals surface area contributed by atoms with E-state index in [1.54, 1.807) is 18.3 Å². The first-order valence-corrected chi connectivity index (χ1v) is 10.0. The van der Waals surface area contributed by atoms with Crippen LogP contribution >= 0.6 is 0 Å². The number of nitrogens with zero attached hydrogens (tertiary/aromatic N) is 4. The third-order valence-electron chi connectivity index (χ3n) is 5.63. The quantitative estimate of drug-likeness (QED) is 0.651. The third-order valence-corrected chi connectivity index (χ3v) is 5.63. The van der Waals surface area contributed by atoms with Crippen molar-refractivity contribution in [1.29, 1.82) is 0 Å². The Labute approximate surface area is 178 Å². The summed E-state index contributed by atoms with van der Waals surface area (Å²) in [6.07, 6.45) is 4.95. The van der Waals surface area contributed by atoms with E-state index in [2.05, 4.69) is 25.6 Å². The average molecular weight is 420 g/mol. The first-order chi connectivity index (χ1) is 14.9. The summed E-state index contributed by atoms with van der Waals surface area (Å²) in [4.78, 5) is 29.4. The molecule has 31 heavy (non-hydrogen) atoms. The van der Waals surface area contributed by atoms with Crippen molar-refractivity contribution in [3.8, 4) is 11.3 Å². The predicted molar refractivity (Wildman–Crippen MR) is 112 cm³/mol. The van der Waals surface area contributed by atoms with Gasteiger partial charge in [-0.15, -0.1) is 0 Å². The Balaban J connectivity index is 1.53. The van der Waals surface area contributed by atoms with E-state index in [-0.39, 0.29) is 11.3 Å². The molecule has 0 unspecified atom stereocenters.